The van der Waals surface area contributed by atoms with Gasteiger partial charge in [0.25, 0.3) is 0 Å². The van der Waals surface area contributed by atoms with Gasteiger partial charge in [-0.3, -0.25) is 4.68 Å². The maximum absolute atomic E-state index is 13.5. The Morgan fingerprint density at radius 1 is 1.33 bits per heavy atom. The standard InChI is InChI=1S/C14H18FN3/c1-9-5-6-12(7-14(9)15)16-10(2)13-8-18(4)17-11(13)3/h5-8,10,16H,1-4H3. The molecule has 0 aliphatic heterocycles. The molecule has 0 fully saturated rings. The van der Waals surface area contributed by atoms with Crippen molar-refractivity contribution in [1.29, 1.82) is 0 Å². The lowest BCUT2D eigenvalue weighted by Gasteiger charge is -2.15. The third kappa shape index (κ3) is 2.53. The summed E-state index contributed by atoms with van der Waals surface area (Å²) in [6.45, 7) is 5.78. The average molecular weight is 247 g/mol. The number of hydrogen-bond acceptors (Lipinski definition) is 2. The number of aromatic nitrogens is 2. The third-order valence-electron chi connectivity index (χ3n) is 3.07. The monoisotopic (exact) mass is 247 g/mol. The lowest BCUT2D eigenvalue weighted by molar-refractivity contribution is 0.618. The van der Waals surface area contributed by atoms with Gasteiger partial charge >= 0.3 is 0 Å². The van der Waals surface area contributed by atoms with Crippen molar-refractivity contribution in [3.63, 3.8) is 0 Å². The van der Waals surface area contributed by atoms with Crippen LogP contribution < -0.4 is 5.32 Å². The first kappa shape index (κ1) is 12.6. The zero-order chi connectivity index (χ0) is 13.3. The molecule has 2 rings (SSSR count). The van der Waals surface area contributed by atoms with E-state index in [0.29, 0.717) is 5.56 Å². The van der Waals surface area contributed by atoms with Crippen LogP contribution in [0.3, 0.4) is 0 Å². The molecule has 0 saturated carbocycles. The first-order valence-electron chi connectivity index (χ1n) is 6.00. The minimum absolute atomic E-state index is 0.0980. The Kier molecular flexibility index (Phi) is 3.36. The van der Waals surface area contributed by atoms with Crippen molar-refractivity contribution in [3.05, 3.63) is 47.0 Å². The smallest absolute Gasteiger partial charge is 0.128 e. The second kappa shape index (κ2) is 4.80. The van der Waals surface area contributed by atoms with Gasteiger partial charge in [-0.1, -0.05) is 6.07 Å². The molecular weight excluding hydrogens is 229 g/mol. The van der Waals surface area contributed by atoms with Crippen LogP contribution in [0.2, 0.25) is 0 Å². The second-order valence-corrected chi connectivity index (χ2v) is 4.67. The summed E-state index contributed by atoms with van der Waals surface area (Å²) in [4.78, 5) is 0. The summed E-state index contributed by atoms with van der Waals surface area (Å²) in [5.74, 6) is -0.185. The van der Waals surface area contributed by atoms with Crippen molar-refractivity contribution >= 4 is 5.69 Å². The van der Waals surface area contributed by atoms with Crippen LogP contribution >= 0.6 is 0 Å². The van der Waals surface area contributed by atoms with Gasteiger partial charge in [-0.15, -0.1) is 0 Å². The number of nitrogens with zero attached hydrogens (tertiary/aromatic N) is 2. The van der Waals surface area contributed by atoms with E-state index in [9.17, 15) is 4.39 Å². The summed E-state index contributed by atoms with van der Waals surface area (Å²) in [7, 11) is 1.90. The zero-order valence-corrected chi connectivity index (χ0v) is 11.2. The van der Waals surface area contributed by atoms with Gasteiger partial charge in [0.05, 0.1) is 11.7 Å². The van der Waals surface area contributed by atoms with Gasteiger partial charge in [0.2, 0.25) is 0 Å². The van der Waals surface area contributed by atoms with E-state index < -0.39 is 0 Å². The summed E-state index contributed by atoms with van der Waals surface area (Å²) in [6, 6.07) is 5.29. The maximum Gasteiger partial charge on any atom is 0.128 e. The molecule has 0 aliphatic carbocycles. The molecule has 0 bridgehead atoms. The molecule has 1 atom stereocenters. The number of nitrogens with one attached hydrogen (secondary N) is 1. The Hall–Kier alpha value is -1.84. The number of hydrogen-bond donors (Lipinski definition) is 1. The van der Waals surface area contributed by atoms with Crippen molar-refractivity contribution in [3.8, 4) is 0 Å². The quantitative estimate of drug-likeness (QED) is 0.901. The molecule has 1 aromatic carbocycles. The molecule has 2 aromatic rings. The normalized spacial score (nSPS) is 12.5. The molecule has 1 aromatic heterocycles. The fourth-order valence-corrected chi connectivity index (χ4v) is 2.05. The van der Waals surface area contributed by atoms with Crippen LogP contribution in [0.25, 0.3) is 0 Å². The topological polar surface area (TPSA) is 29.9 Å². The minimum atomic E-state index is -0.185. The molecule has 96 valence electrons. The van der Waals surface area contributed by atoms with Crippen molar-refractivity contribution in [1.82, 2.24) is 9.78 Å². The third-order valence-corrected chi connectivity index (χ3v) is 3.07. The van der Waals surface area contributed by atoms with Gasteiger partial charge in [0, 0.05) is 24.5 Å². The molecule has 3 nitrogen and oxygen atoms in total. The molecule has 1 heterocycles. The summed E-state index contributed by atoms with van der Waals surface area (Å²) in [5, 5.41) is 7.60. The molecular formula is C14H18FN3. The van der Waals surface area contributed by atoms with Crippen LogP contribution in [0.15, 0.2) is 24.4 Å². The molecule has 0 aliphatic rings. The van der Waals surface area contributed by atoms with Crippen LogP contribution in [-0.2, 0) is 7.05 Å². The van der Waals surface area contributed by atoms with E-state index in [2.05, 4.69) is 10.4 Å². The first-order valence-corrected chi connectivity index (χ1v) is 6.00. The highest BCUT2D eigenvalue weighted by molar-refractivity contribution is 5.47. The Labute approximate surface area is 107 Å². The van der Waals surface area contributed by atoms with Crippen molar-refractivity contribution < 1.29 is 4.39 Å². The van der Waals surface area contributed by atoms with Gasteiger partial charge in [-0.25, -0.2) is 4.39 Å². The second-order valence-electron chi connectivity index (χ2n) is 4.67. The summed E-state index contributed by atoms with van der Waals surface area (Å²) < 4.78 is 15.2. The van der Waals surface area contributed by atoms with Crippen molar-refractivity contribution in [2.75, 3.05) is 5.32 Å². The van der Waals surface area contributed by atoms with E-state index in [1.807, 2.05) is 33.2 Å². The fraction of sp³-hybridized carbons (Fsp3) is 0.357. The SMILES string of the molecule is Cc1ccc(NC(C)c2cn(C)nc2C)cc1F. The van der Waals surface area contributed by atoms with Crippen molar-refractivity contribution in [2.24, 2.45) is 7.05 Å². The number of halogens is 1. The molecule has 0 amide bonds. The molecule has 1 N–H and O–H groups in total. The summed E-state index contributed by atoms with van der Waals surface area (Å²) in [6.07, 6.45) is 1.98. The van der Waals surface area contributed by atoms with Crippen LogP contribution in [0.5, 0.6) is 0 Å². The Morgan fingerprint density at radius 3 is 2.61 bits per heavy atom. The van der Waals surface area contributed by atoms with E-state index in [1.165, 1.54) is 6.07 Å². The predicted molar refractivity (Wildman–Crippen MR) is 71.1 cm³/mol. The molecule has 1 unspecified atom stereocenters. The molecule has 0 saturated heterocycles. The molecule has 18 heavy (non-hydrogen) atoms. The first-order chi connectivity index (χ1) is 8.47. The highest BCUT2D eigenvalue weighted by atomic mass is 19.1. The zero-order valence-electron chi connectivity index (χ0n) is 11.2. The van der Waals surface area contributed by atoms with Gasteiger partial charge in [0.1, 0.15) is 5.82 Å². The predicted octanol–water partition coefficient (Wildman–Crippen LogP) is 3.35. The largest absolute Gasteiger partial charge is 0.378 e. The van der Waals surface area contributed by atoms with Crippen molar-refractivity contribution in [2.45, 2.75) is 26.8 Å². The molecule has 0 radical (unpaired) electrons. The lowest BCUT2D eigenvalue weighted by Crippen LogP contribution is -2.07. The molecule has 0 spiro atoms. The average Bonchev–Trinajstić information content (AvgIpc) is 2.63. The van der Waals surface area contributed by atoms with E-state index in [4.69, 9.17) is 0 Å². The minimum Gasteiger partial charge on any atom is -0.378 e. The van der Waals surface area contributed by atoms with E-state index in [0.717, 1.165) is 16.9 Å². The van der Waals surface area contributed by atoms with Gasteiger partial charge in [0.15, 0.2) is 0 Å². The van der Waals surface area contributed by atoms with E-state index >= 15 is 0 Å². The Bertz CT molecular complexity index is 560. The van der Waals surface area contributed by atoms with Crippen LogP contribution in [-0.4, -0.2) is 9.78 Å². The van der Waals surface area contributed by atoms with Gasteiger partial charge in [-0.2, -0.15) is 5.10 Å². The highest BCUT2D eigenvalue weighted by Gasteiger charge is 2.12. The summed E-state index contributed by atoms with van der Waals surface area (Å²) in [5.41, 5.74) is 3.56. The van der Waals surface area contributed by atoms with Crippen LogP contribution in [0.4, 0.5) is 10.1 Å². The van der Waals surface area contributed by atoms with Gasteiger partial charge in [-0.05, 0) is 38.5 Å². The number of rotatable bonds is 3. The number of benzene rings is 1. The van der Waals surface area contributed by atoms with Gasteiger partial charge < -0.3 is 5.32 Å². The molecule has 4 heteroatoms. The number of anilines is 1. The van der Waals surface area contributed by atoms with E-state index in [1.54, 1.807) is 17.7 Å². The summed E-state index contributed by atoms with van der Waals surface area (Å²) >= 11 is 0. The maximum atomic E-state index is 13.5. The highest BCUT2D eigenvalue weighted by Crippen LogP contribution is 2.22. The lowest BCUT2D eigenvalue weighted by atomic mass is 10.1. The van der Waals surface area contributed by atoms with Crippen LogP contribution in [0, 0.1) is 19.7 Å². The van der Waals surface area contributed by atoms with Crippen LogP contribution in [0.1, 0.15) is 29.8 Å². The fourth-order valence-electron chi connectivity index (χ4n) is 2.05. The van der Waals surface area contributed by atoms with E-state index in [-0.39, 0.29) is 11.9 Å². The Balaban J connectivity index is 2.18. The number of aryl methyl sites for hydroxylation is 3. The Morgan fingerprint density at radius 2 is 2.06 bits per heavy atom.